The molecule has 0 N–H and O–H groups in total. The van der Waals surface area contributed by atoms with Gasteiger partial charge in [-0.3, -0.25) is 4.79 Å². The summed E-state index contributed by atoms with van der Waals surface area (Å²) in [6.07, 6.45) is -0.114. The second-order valence-electron chi connectivity index (χ2n) is 3.07. The van der Waals surface area contributed by atoms with Crippen LogP contribution >= 0.6 is 0 Å². The Bertz CT molecular complexity index is 378. The number of hydrogen-bond acceptors (Lipinski definition) is 4. The van der Waals surface area contributed by atoms with Crippen LogP contribution in [0.25, 0.3) is 0 Å². The number of hydrogen-bond donors (Lipinski definition) is 0. The lowest BCUT2D eigenvalue weighted by Crippen LogP contribution is -2.09. The Labute approximate surface area is 94.4 Å². The lowest BCUT2D eigenvalue weighted by molar-refractivity contribution is -0.120. The van der Waals surface area contributed by atoms with Crippen LogP contribution in [-0.4, -0.2) is 19.0 Å². The van der Waals surface area contributed by atoms with Crippen LogP contribution < -0.4 is 9.47 Å². The Kier molecular flexibility index (Phi) is 4.87. The highest BCUT2D eigenvalue weighted by atomic mass is 16.5. The quantitative estimate of drug-likeness (QED) is 0.733. The summed E-state index contributed by atoms with van der Waals surface area (Å²) in [6.45, 7) is 2.45. The SMILES string of the molecule is CCOc1ccc(OCC(=O)CC#N)cc1. The van der Waals surface area contributed by atoms with Crippen molar-refractivity contribution in [3.63, 3.8) is 0 Å². The van der Waals surface area contributed by atoms with Crippen LogP contribution in [0.2, 0.25) is 0 Å². The normalized spacial score (nSPS) is 9.25. The number of Topliss-reactive ketones (excluding diaryl/α,β-unsaturated/α-hetero) is 1. The highest BCUT2D eigenvalue weighted by molar-refractivity contribution is 5.81. The van der Waals surface area contributed by atoms with Crippen LogP contribution in [0.1, 0.15) is 13.3 Å². The molecule has 0 aliphatic rings. The van der Waals surface area contributed by atoms with Crippen LogP contribution in [0, 0.1) is 11.3 Å². The minimum Gasteiger partial charge on any atom is -0.494 e. The van der Waals surface area contributed by atoms with Gasteiger partial charge in [-0.2, -0.15) is 5.26 Å². The van der Waals surface area contributed by atoms with E-state index >= 15 is 0 Å². The van der Waals surface area contributed by atoms with Crippen molar-refractivity contribution in [3.05, 3.63) is 24.3 Å². The molecule has 0 aliphatic carbocycles. The molecule has 4 heteroatoms. The van der Waals surface area contributed by atoms with Crippen molar-refractivity contribution in [2.75, 3.05) is 13.2 Å². The third kappa shape index (κ3) is 4.01. The summed E-state index contributed by atoms with van der Waals surface area (Å²) in [7, 11) is 0. The van der Waals surface area contributed by atoms with Crippen molar-refractivity contribution in [1.29, 1.82) is 5.26 Å². The van der Waals surface area contributed by atoms with Gasteiger partial charge in [0.1, 0.15) is 18.1 Å². The predicted octanol–water partition coefficient (Wildman–Crippen LogP) is 1.95. The van der Waals surface area contributed by atoms with Crippen molar-refractivity contribution < 1.29 is 14.3 Å². The zero-order chi connectivity index (χ0) is 11.8. The number of carbonyl (C=O) groups is 1. The second kappa shape index (κ2) is 6.46. The fraction of sp³-hybridized carbons (Fsp3) is 0.333. The van der Waals surface area contributed by atoms with E-state index in [1.165, 1.54) is 0 Å². The Balaban J connectivity index is 2.43. The number of ketones is 1. The second-order valence-corrected chi connectivity index (χ2v) is 3.07. The van der Waals surface area contributed by atoms with Gasteiger partial charge in [-0.15, -0.1) is 0 Å². The largest absolute Gasteiger partial charge is 0.494 e. The average molecular weight is 219 g/mol. The molecule has 0 aliphatic heterocycles. The summed E-state index contributed by atoms with van der Waals surface area (Å²) < 4.78 is 10.5. The first kappa shape index (κ1) is 12.1. The van der Waals surface area contributed by atoms with Gasteiger partial charge < -0.3 is 9.47 Å². The topological polar surface area (TPSA) is 59.3 Å². The fourth-order valence-electron chi connectivity index (χ4n) is 1.10. The van der Waals surface area contributed by atoms with Gasteiger partial charge in [-0.25, -0.2) is 0 Å². The summed E-state index contributed by atoms with van der Waals surface area (Å²) in [5, 5.41) is 8.29. The molecule has 4 nitrogen and oxygen atoms in total. The van der Waals surface area contributed by atoms with Gasteiger partial charge in [0.05, 0.1) is 19.1 Å². The summed E-state index contributed by atoms with van der Waals surface area (Å²) in [5.41, 5.74) is 0. The molecule has 0 saturated heterocycles. The molecule has 0 spiro atoms. The van der Waals surface area contributed by atoms with Gasteiger partial charge in [-0.1, -0.05) is 0 Å². The van der Waals surface area contributed by atoms with E-state index in [2.05, 4.69) is 0 Å². The Morgan fingerprint density at radius 1 is 1.25 bits per heavy atom. The van der Waals surface area contributed by atoms with E-state index in [9.17, 15) is 4.79 Å². The summed E-state index contributed by atoms with van der Waals surface area (Å²) >= 11 is 0. The van der Waals surface area contributed by atoms with Gasteiger partial charge in [-0.05, 0) is 31.2 Å². The molecule has 1 aromatic carbocycles. The zero-order valence-electron chi connectivity index (χ0n) is 9.10. The first-order valence-corrected chi connectivity index (χ1v) is 5.00. The minimum absolute atomic E-state index is 0.0679. The number of nitrogens with zero attached hydrogens (tertiary/aromatic N) is 1. The van der Waals surface area contributed by atoms with Crippen molar-refractivity contribution in [3.8, 4) is 17.6 Å². The molecule has 0 saturated carbocycles. The molecule has 0 aromatic heterocycles. The first-order valence-electron chi connectivity index (χ1n) is 5.00. The van der Waals surface area contributed by atoms with E-state index in [1.807, 2.05) is 6.92 Å². The van der Waals surface area contributed by atoms with Crippen LogP contribution in [0.5, 0.6) is 11.5 Å². The van der Waals surface area contributed by atoms with Crippen LogP contribution in [0.3, 0.4) is 0 Å². The highest BCUT2D eigenvalue weighted by Gasteiger charge is 2.02. The van der Waals surface area contributed by atoms with Crippen molar-refractivity contribution in [1.82, 2.24) is 0 Å². The molecule has 0 bridgehead atoms. The minimum atomic E-state index is -0.226. The molecule has 1 rings (SSSR count). The number of ether oxygens (including phenoxy) is 2. The van der Waals surface area contributed by atoms with Crippen LogP contribution in [0.4, 0.5) is 0 Å². The average Bonchev–Trinajstić information content (AvgIpc) is 2.29. The summed E-state index contributed by atoms with van der Waals surface area (Å²) in [6, 6.07) is 8.78. The van der Waals surface area contributed by atoms with Crippen molar-refractivity contribution in [2.45, 2.75) is 13.3 Å². The van der Waals surface area contributed by atoms with Gasteiger partial charge in [0.15, 0.2) is 5.78 Å². The van der Waals surface area contributed by atoms with E-state index < -0.39 is 0 Å². The molecular weight excluding hydrogens is 206 g/mol. The van der Waals surface area contributed by atoms with Gasteiger partial charge >= 0.3 is 0 Å². The first-order chi connectivity index (χ1) is 7.76. The summed E-state index contributed by atoms with van der Waals surface area (Å²) in [5.74, 6) is 1.13. The highest BCUT2D eigenvalue weighted by Crippen LogP contribution is 2.17. The number of rotatable bonds is 6. The van der Waals surface area contributed by atoms with Crippen molar-refractivity contribution in [2.24, 2.45) is 0 Å². The van der Waals surface area contributed by atoms with Gasteiger partial charge in [0, 0.05) is 0 Å². The molecule has 0 heterocycles. The molecule has 0 atom stereocenters. The Morgan fingerprint density at radius 2 is 1.81 bits per heavy atom. The van der Waals surface area contributed by atoms with E-state index in [4.69, 9.17) is 14.7 Å². The molecule has 0 unspecified atom stereocenters. The molecule has 0 radical (unpaired) electrons. The van der Waals surface area contributed by atoms with Gasteiger partial charge in [0.25, 0.3) is 0 Å². The number of carbonyl (C=O) groups excluding carboxylic acids is 1. The Morgan fingerprint density at radius 3 is 2.31 bits per heavy atom. The lowest BCUT2D eigenvalue weighted by atomic mass is 10.3. The number of benzene rings is 1. The maximum absolute atomic E-state index is 11.0. The van der Waals surface area contributed by atoms with E-state index in [-0.39, 0.29) is 18.8 Å². The molecule has 1 aromatic rings. The maximum Gasteiger partial charge on any atom is 0.184 e. The molecule has 16 heavy (non-hydrogen) atoms. The van der Waals surface area contributed by atoms with Gasteiger partial charge in [0.2, 0.25) is 0 Å². The monoisotopic (exact) mass is 219 g/mol. The van der Waals surface area contributed by atoms with Crippen molar-refractivity contribution >= 4 is 5.78 Å². The molecule has 0 amide bonds. The number of nitriles is 1. The lowest BCUT2D eigenvalue weighted by Gasteiger charge is -2.06. The van der Waals surface area contributed by atoms with E-state index in [0.29, 0.717) is 12.4 Å². The molecular formula is C12H13NO3. The van der Waals surface area contributed by atoms with Crippen LogP contribution in [-0.2, 0) is 4.79 Å². The standard InChI is InChI=1S/C12H13NO3/c1-2-15-11-3-5-12(6-4-11)16-9-10(14)7-8-13/h3-6H,2,7,9H2,1H3. The molecule has 84 valence electrons. The maximum atomic E-state index is 11.0. The van der Waals surface area contributed by atoms with E-state index in [1.54, 1.807) is 30.3 Å². The molecule has 0 fully saturated rings. The zero-order valence-corrected chi connectivity index (χ0v) is 9.10. The fourth-order valence-corrected chi connectivity index (χ4v) is 1.10. The Hall–Kier alpha value is -2.02. The third-order valence-corrected chi connectivity index (χ3v) is 1.81. The van der Waals surface area contributed by atoms with E-state index in [0.717, 1.165) is 5.75 Å². The smallest absolute Gasteiger partial charge is 0.184 e. The predicted molar refractivity (Wildman–Crippen MR) is 58.3 cm³/mol. The third-order valence-electron chi connectivity index (χ3n) is 1.81. The van der Waals surface area contributed by atoms with Crippen LogP contribution in [0.15, 0.2) is 24.3 Å². The summed E-state index contributed by atoms with van der Waals surface area (Å²) in [4.78, 5) is 11.0.